The number of benzene rings is 1. The zero-order valence-electron chi connectivity index (χ0n) is 12.5. The van der Waals surface area contributed by atoms with Crippen molar-refractivity contribution in [1.82, 2.24) is 5.32 Å². The molecule has 0 aliphatic rings. The smallest absolute Gasteiger partial charge is 0.303 e. The quantitative estimate of drug-likeness (QED) is 0.514. The van der Waals surface area contributed by atoms with Gasteiger partial charge in [0.25, 0.3) is 5.91 Å². The average molecular weight is 303 g/mol. The Kier molecular flexibility index (Phi) is 8.21. The van der Waals surface area contributed by atoms with Crippen molar-refractivity contribution in [3.8, 4) is 18.1 Å². The lowest BCUT2D eigenvalue weighted by Crippen LogP contribution is -2.24. The molecule has 5 nitrogen and oxygen atoms in total. The standard InChI is InChI=1S/C17H21NO4/c1-2-13-22-15-10-8-14(9-11-15)17(21)18-12-6-4-3-5-7-16(19)20/h1,8-11H,3-7,12-13H2,(H,18,21)(H,19,20). The van der Waals surface area contributed by atoms with Crippen LogP contribution in [0.3, 0.4) is 0 Å². The highest BCUT2D eigenvalue weighted by atomic mass is 16.5. The molecule has 0 saturated carbocycles. The van der Waals surface area contributed by atoms with Gasteiger partial charge in [-0.2, -0.15) is 0 Å². The van der Waals surface area contributed by atoms with Crippen LogP contribution in [-0.4, -0.2) is 30.1 Å². The lowest BCUT2D eigenvalue weighted by atomic mass is 10.1. The maximum atomic E-state index is 11.9. The summed E-state index contributed by atoms with van der Waals surface area (Å²) in [5, 5.41) is 11.3. The number of carboxylic acids is 1. The molecule has 0 spiro atoms. The van der Waals surface area contributed by atoms with Gasteiger partial charge in [0.15, 0.2) is 0 Å². The van der Waals surface area contributed by atoms with Crippen molar-refractivity contribution < 1.29 is 19.4 Å². The Balaban J connectivity index is 2.19. The molecule has 0 heterocycles. The van der Waals surface area contributed by atoms with Gasteiger partial charge in [-0.05, 0) is 37.1 Å². The van der Waals surface area contributed by atoms with Crippen LogP contribution in [0.2, 0.25) is 0 Å². The molecule has 0 aliphatic heterocycles. The molecule has 0 radical (unpaired) electrons. The van der Waals surface area contributed by atoms with Crippen molar-refractivity contribution in [2.45, 2.75) is 32.1 Å². The van der Waals surface area contributed by atoms with Crippen LogP contribution in [-0.2, 0) is 4.79 Å². The van der Waals surface area contributed by atoms with Crippen LogP contribution in [0.5, 0.6) is 5.75 Å². The molecule has 1 rings (SSSR count). The average Bonchev–Trinajstić information content (AvgIpc) is 2.52. The fourth-order valence-electron chi connectivity index (χ4n) is 1.89. The Morgan fingerprint density at radius 3 is 2.45 bits per heavy atom. The van der Waals surface area contributed by atoms with E-state index in [2.05, 4.69) is 11.2 Å². The zero-order chi connectivity index (χ0) is 16.2. The minimum Gasteiger partial charge on any atom is -0.481 e. The van der Waals surface area contributed by atoms with Crippen LogP contribution in [0, 0.1) is 12.3 Å². The van der Waals surface area contributed by atoms with Gasteiger partial charge in [-0.15, -0.1) is 6.42 Å². The lowest BCUT2D eigenvalue weighted by molar-refractivity contribution is -0.137. The van der Waals surface area contributed by atoms with Gasteiger partial charge in [-0.1, -0.05) is 18.8 Å². The maximum absolute atomic E-state index is 11.9. The number of amides is 1. The van der Waals surface area contributed by atoms with Gasteiger partial charge in [0.05, 0.1) is 0 Å². The summed E-state index contributed by atoms with van der Waals surface area (Å²) in [7, 11) is 0. The fourth-order valence-corrected chi connectivity index (χ4v) is 1.89. The van der Waals surface area contributed by atoms with E-state index >= 15 is 0 Å². The Bertz CT molecular complexity index is 516. The molecule has 0 atom stereocenters. The van der Waals surface area contributed by atoms with Crippen LogP contribution >= 0.6 is 0 Å². The van der Waals surface area contributed by atoms with Crippen molar-refractivity contribution in [3.05, 3.63) is 29.8 Å². The molecule has 5 heteroatoms. The van der Waals surface area contributed by atoms with Gasteiger partial charge < -0.3 is 15.2 Å². The number of carbonyl (C=O) groups is 2. The Hall–Kier alpha value is -2.48. The Labute approximate surface area is 130 Å². The SMILES string of the molecule is C#CCOc1ccc(C(=O)NCCCCCCC(=O)O)cc1. The molecule has 118 valence electrons. The summed E-state index contributed by atoms with van der Waals surface area (Å²) in [6.45, 7) is 0.786. The summed E-state index contributed by atoms with van der Waals surface area (Å²) in [6.07, 6.45) is 8.61. The molecule has 0 bridgehead atoms. The number of terminal acetylenes is 1. The number of ether oxygens (including phenoxy) is 1. The summed E-state index contributed by atoms with van der Waals surface area (Å²) in [5.74, 6) is 2.12. The summed E-state index contributed by atoms with van der Waals surface area (Å²) in [4.78, 5) is 22.2. The van der Waals surface area contributed by atoms with Crippen LogP contribution in [0.1, 0.15) is 42.5 Å². The van der Waals surface area contributed by atoms with E-state index in [-0.39, 0.29) is 18.9 Å². The van der Waals surface area contributed by atoms with Gasteiger partial charge in [-0.3, -0.25) is 9.59 Å². The highest BCUT2D eigenvalue weighted by Gasteiger charge is 2.05. The molecule has 1 amide bonds. The highest BCUT2D eigenvalue weighted by Crippen LogP contribution is 2.12. The number of unbranched alkanes of at least 4 members (excludes halogenated alkanes) is 3. The van der Waals surface area contributed by atoms with Crippen molar-refractivity contribution in [2.24, 2.45) is 0 Å². The van der Waals surface area contributed by atoms with Gasteiger partial charge >= 0.3 is 5.97 Å². The van der Waals surface area contributed by atoms with E-state index in [4.69, 9.17) is 16.3 Å². The summed E-state index contributed by atoms with van der Waals surface area (Å²) < 4.78 is 5.23. The second-order valence-electron chi connectivity index (χ2n) is 4.83. The van der Waals surface area contributed by atoms with Gasteiger partial charge in [0, 0.05) is 18.5 Å². The maximum Gasteiger partial charge on any atom is 0.303 e. The zero-order valence-corrected chi connectivity index (χ0v) is 12.5. The van der Waals surface area contributed by atoms with Crippen LogP contribution in [0.25, 0.3) is 0 Å². The molecular formula is C17H21NO4. The van der Waals surface area contributed by atoms with E-state index in [0.29, 0.717) is 24.3 Å². The highest BCUT2D eigenvalue weighted by molar-refractivity contribution is 5.94. The molecule has 0 saturated heterocycles. The molecule has 0 unspecified atom stereocenters. The molecule has 1 aromatic rings. The van der Waals surface area contributed by atoms with Crippen molar-refractivity contribution in [1.29, 1.82) is 0 Å². The van der Waals surface area contributed by atoms with E-state index in [0.717, 1.165) is 19.3 Å². The first-order valence-corrected chi connectivity index (χ1v) is 7.30. The minimum absolute atomic E-state index is 0.131. The predicted octanol–water partition coefficient (Wildman–Crippen LogP) is 2.46. The number of carbonyl (C=O) groups excluding carboxylic acids is 1. The monoisotopic (exact) mass is 303 g/mol. The van der Waals surface area contributed by atoms with Crippen molar-refractivity contribution in [3.63, 3.8) is 0 Å². The third-order valence-electron chi connectivity index (χ3n) is 3.04. The normalized spacial score (nSPS) is 9.77. The number of hydrogen-bond acceptors (Lipinski definition) is 3. The number of hydrogen-bond donors (Lipinski definition) is 2. The van der Waals surface area contributed by atoms with Crippen LogP contribution in [0.15, 0.2) is 24.3 Å². The van der Waals surface area contributed by atoms with Crippen LogP contribution < -0.4 is 10.1 Å². The summed E-state index contributed by atoms with van der Waals surface area (Å²) in [6, 6.07) is 6.79. The third-order valence-corrected chi connectivity index (χ3v) is 3.04. The van der Waals surface area contributed by atoms with E-state index in [9.17, 15) is 9.59 Å². The number of aliphatic carboxylic acids is 1. The van der Waals surface area contributed by atoms with E-state index in [1.807, 2.05) is 0 Å². The molecule has 22 heavy (non-hydrogen) atoms. The lowest BCUT2D eigenvalue weighted by Gasteiger charge is -2.06. The summed E-state index contributed by atoms with van der Waals surface area (Å²) in [5.41, 5.74) is 0.568. The van der Waals surface area contributed by atoms with Gasteiger partial charge in [-0.25, -0.2) is 0 Å². The van der Waals surface area contributed by atoms with E-state index in [1.165, 1.54) is 0 Å². The fraction of sp³-hybridized carbons (Fsp3) is 0.412. The molecular weight excluding hydrogens is 282 g/mol. The first-order valence-electron chi connectivity index (χ1n) is 7.30. The third kappa shape index (κ3) is 7.34. The predicted molar refractivity (Wildman–Crippen MR) is 83.8 cm³/mol. The second-order valence-corrected chi connectivity index (χ2v) is 4.83. The van der Waals surface area contributed by atoms with Crippen LogP contribution in [0.4, 0.5) is 0 Å². The van der Waals surface area contributed by atoms with Gasteiger partial charge in [0.1, 0.15) is 12.4 Å². The Morgan fingerprint density at radius 2 is 1.82 bits per heavy atom. The first-order chi connectivity index (χ1) is 10.6. The van der Waals surface area contributed by atoms with E-state index in [1.54, 1.807) is 24.3 Å². The molecule has 0 aromatic heterocycles. The van der Waals surface area contributed by atoms with Crippen molar-refractivity contribution in [2.75, 3.05) is 13.2 Å². The molecule has 0 aliphatic carbocycles. The first kappa shape index (κ1) is 17.6. The largest absolute Gasteiger partial charge is 0.481 e. The second kappa shape index (κ2) is 10.3. The molecule has 1 aromatic carbocycles. The molecule has 0 fully saturated rings. The summed E-state index contributed by atoms with van der Waals surface area (Å²) >= 11 is 0. The number of rotatable bonds is 10. The molecule has 2 N–H and O–H groups in total. The van der Waals surface area contributed by atoms with E-state index < -0.39 is 5.97 Å². The topological polar surface area (TPSA) is 75.6 Å². The number of carboxylic acid groups (broad SMARTS) is 1. The number of nitrogens with one attached hydrogen (secondary N) is 1. The Morgan fingerprint density at radius 1 is 1.14 bits per heavy atom. The van der Waals surface area contributed by atoms with Gasteiger partial charge in [0.2, 0.25) is 0 Å². The van der Waals surface area contributed by atoms with Crippen molar-refractivity contribution >= 4 is 11.9 Å². The minimum atomic E-state index is -0.761.